The largest absolute Gasteiger partial charge is 0.428 e. The van der Waals surface area contributed by atoms with Crippen LogP contribution >= 0.6 is 0 Å². The smallest absolute Gasteiger partial charge is 0.332 e. The lowest BCUT2D eigenvalue weighted by Crippen LogP contribution is -2.11. The van der Waals surface area contributed by atoms with Gasteiger partial charge in [-0.25, -0.2) is 9.18 Å². The summed E-state index contributed by atoms with van der Waals surface area (Å²) in [7, 11) is 0. The summed E-state index contributed by atoms with van der Waals surface area (Å²) in [6, 6.07) is 0. The van der Waals surface area contributed by atoms with Crippen molar-refractivity contribution in [2.24, 2.45) is 0 Å². The van der Waals surface area contributed by atoms with E-state index in [-0.39, 0.29) is 0 Å². The van der Waals surface area contributed by atoms with Crippen molar-refractivity contribution in [1.82, 2.24) is 0 Å². The number of esters is 1. The van der Waals surface area contributed by atoms with Crippen LogP contribution in [0.2, 0.25) is 0 Å². The molecule has 0 aliphatic carbocycles. The van der Waals surface area contributed by atoms with Gasteiger partial charge in [0, 0.05) is 12.5 Å². The van der Waals surface area contributed by atoms with Gasteiger partial charge in [-0.1, -0.05) is 39.2 Å². The average Bonchev–Trinajstić information content (AvgIpc) is 2.17. The lowest BCUT2D eigenvalue weighted by Gasteiger charge is -2.07. The molecule has 0 aromatic rings. The zero-order valence-electron chi connectivity index (χ0n) is 8.80. The fraction of sp³-hybridized carbons (Fsp3) is 0.727. The molecule has 0 heterocycles. The van der Waals surface area contributed by atoms with Crippen LogP contribution in [-0.4, -0.2) is 12.3 Å². The van der Waals surface area contributed by atoms with Gasteiger partial charge in [-0.15, -0.1) is 0 Å². The third-order valence-electron chi connectivity index (χ3n) is 1.95. The topological polar surface area (TPSA) is 26.3 Å². The highest BCUT2D eigenvalue weighted by Gasteiger charge is 2.09. The molecule has 1 unspecified atom stereocenters. The van der Waals surface area contributed by atoms with Crippen molar-refractivity contribution in [2.45, 2.75) is 51.8 Å². The summed E-state index contributed by atoms with van der Waals surface area (Å²) in [6.07, 6.45) is 5.05. The summed E-state index contributed by atoms with van der Waals surface area (Å²) in [5.41, 5.74) is 0. The molecule has 3 heteroatoms. The summed E-state index contributed by atoms with van der Waals surface area (Å²) >= 11 is 0. The molecule has 0 amide bonds. The predicted octanol–water partition coefficient (Wildman–Crippen LogP) is 3.37. The Labute approximate surface area is 85.1 Å². The van der Waals surface area contributed by atoms with E-state index in [2.05, 4.69) is 18.2 Å². The normalized spacial score (nSPS) is 12.1. The van der Waals surface area contributed by atoms with Crippen molar-refractivity contribution >= 4 is 5.97 Å². The summed E-state index contributed by atoms with van der Waals surface area (Å²) in [4.78, 5) is 10.6. The van der Waals surface area contributed by atoms with Gasteiger partial charge in [0.05, 0.1) is 0 Å². The van der Waals surface area contributed by atoms with Crippen LogP contribution < -0.4 is 0 Å². The second-order valence-electron chi connectivity index (χ2n) is 3.25. The van der Waals surface area contributed by atoms with E-state index in [9.17, 15) is 9.18 Å². The van der Waals surface area contributed by atoms with Crippen LogP contribution in [0.15, 0.2) is 12.7 Å². The van der Waals surface area contributed by atoms with E-state index < -0.39 is 12.3 Å². The molecule has 2 nitrogen and oxygen atoms in total. The van der Waals surface area contributed by atoms with Gasteiger partial charge in [0.2, 0.25) is 6.36 Å². The number of rotatable bonds is 8. The Morgan fingerprint density at radius 1 is 1.43 bits per heavy atom. The predicted molar refractivity (Wildman–Crippen MR) is 54.6 cm³/mol. The lowest BCUT2D eigenvalue weighted by molar-refractivity contribution is -0.152. The number of alkyl halides is 1. The Balaban J connectivity index is 3.30. The SMILES string of the molecule is C=CC(=O)OC(F)CCCCCCC. The first-order valence-electron chi connectivity index (χ1n) is 5.17. The fourth-order valence-corrected chi connectivity index (χ4v) is 1.14. The van der Waals surface area contributed by atoms with Gasteiger partial charge in [0.1, 0.15) is 0 Å². The van der Waals surface area contributed by atoms with Gasteiger partial charge < -0.3 is 4.74 Å². The Hall–Kier alpha value is -0.860. The molecular formula is C11H19FO2. The first-order chi connectivity index (χ1) is 6.70. The highest BCUT2D eigenvalue weighted by Crippen LogP contribution is 2.10. The van der Waals surface area contributed by atoms with Gasteiger partial charge >= 0.3 is 5.97 Å². The summed E-state index contributed by atoms with van der Waals surface area (Å²) < 4.78 is 17.2. The van der Waals surface area contributed by atoms with Crippen molar-refractivity contribution in [3.8, 4) is 0 Å². The van der Waals surface area contributed by atoms with E-state index in [1.807, 2.05) is 0 Å². The van der Waals surface area contributed by atoms with Gasteiger partial charge in [-0.3, -0.25) is 0 Å². The monoisotopic (exact) mass is 202 g/mol. The van der Waals surface area contributed by atoms with Crippen LogP contribution in [0, 0.1) is 0 Å². The van der Waals surface area contributed by atoms with Crippen molar-refractivity contribution in [3.63, 3.8) is 0 Å². The van der Waals surface area contributed by atoms with Gasteiger partial charge in [0.15, 0.2) is 0 Å². The molecule has 0 saturated heterocycles. The Morgan fingerprint density at radius 2 is 2.07 bits per heavy atom. The number of carbonyl (C=O) groups is 1. The molecule has 0 aromatic carbocycles. The molecule has 0 saturated carbocycles. The Bertz CT molecular complexity index is 169. The molecule has 0 N–H and O–H groups in total. The van der Waals surface area contributed by atoms with Crippen LogP contribution in [0.5, 0.6) is 0 Å². The minimum absolute atomic E-state index is 0.295. The van der Waals surface area contributed by atoms with E-state index in [0.29, 0.717) is 6.42 Å². The molecule has 82 valence electrons. The number of ether oxygens (including phenoxy) is 1. The third-order valence-corrected chi connectivity index (χ3v) is 1.95. The molecular weight excluding hydrogens is 183 g/mol. The molecule has 0 aliphatic rings. The van der Waals surface area contributed by atoms with Crippen molar-refractivity contribution in [2.75, 3.05) is 0 Å². The van der Waals surface area contributed by atoms with Crippen molar-refractivity contribution in [1.29, 1.82) is 0 Å². The highest BCUT2D eigenvalue weighted by atomic mass is 19.1. The van der Waals surface area contributed by atoms with Crippen molar-refractivity contribution < 1.29 is 13.9 Å². The van der Waals surface area contributed by atoms with E-state index in [1.165, 1.54) is 12.8 Å². The van der Waals surface area contributed by atoms with Gasteiger partial charge in [-0.2, -0.15) is 0 Å². The Morgan fingerprint density at radius 3 is 2.64 bits per heavy atom. The first kappa shape index (κ1) is 13.1. The van der Waals surface area contributed by atoms with Crippen molar-refractivity contribution in [3.05, 3.63) is 12.7 Å². The molecule has 0 radical (unpaired) electrons. The fourth-order valence-electron chi connectivity index (χ4n) is 1.14. The number of halogens is 1. The highest BCUT2D eigenvalue weighted by molar-refractivity contribution is 5.81. The average molecular weight is 202 g/mol. The van der Waals surface area contributed by atoms with Gasteiger partial charge in [-0.05, 0) is 6.42 Å². The number of carbonyl (C=O) groups excluding carboxylic acids is 1. The minimum Gasteiger partial charge on any atom is -0.428 e. The molecule has 14 heavy (non-hydrogen) atoms. The zero-order valence-corrected chi connectivity index (χ0v) is 8.80. The molecule has 0 fully saturated rings. The lowest BCUT2D eigenvalue weighted by atomic mass is 10.1. The quantitative estimate of drug-likeness (QED) is 0.342. The summed E-state index contributed by atoms with van der Waals surface area (Å²) in [5, 5.41) is 0. The zero-order chi connectivity index (χ0) is 10.8. The van der Waals surface area contributed by atoms with Crippen LogP contribution in [0.3, 0.4) is 0 Å². The molecule has 0 rings (SSSR count). The second kappa shape index (κ2) is 8.73. The number of hydrogen-bond acceptors (Lipinski definition) is 2. The van der Waals surface area contributed by atoms with Gasteiger partial charge in [0.25, 0.3) is 0 Å². The second-order valence-corrected chi connectivity index (χ2v) is 3.25. The van der Waals surface area contributed by atoms with Crippen LogP contribution in [-0.2, 0) is 9.53 Å². The van der Waals surface area contributed by atoms with Crippen LogP contribution in [0.4, 0.5) is 4.39 Å². The molecule has 0 aromatic heterocycles. The van der Waals surface area contributed by atoms with E-state index in [0.717, 1.165) is 25.3 Å². The minimum atomic E-state index is -1.47. The first-order valence-corrected chi connectivity index (χ1v) is 5.17. The number of hydrogen-bond donors (Lipinski definition) is 0. The molecule has 0 aliphatic heterocycles. The molecule has 0 bridgehead atoms. The molecule has 1 atom stereocenters. The summed E-state index contributed by atoms with van der Waals surface area (Å²) in [5.74, 6) is -0.689. The number of unbranched alkanes of at least 4 members (excludes halogenated alkanes) is 4. The Kier molecular flexibility index (Phi) is 8.19. The maximum absolute atomic E-state index is 12.9. The van der Waals surface area contributed by atoms with Crippen LogP contribution in [0.25, 0.3) is 0 Å². The molecule has 0 spiro atoms. The maximum Gasteiger partial charge on any atom is 0.332 e. The van der Waals surface area contributed by atoms with Crippen LogP contribution in [0.1, 0.15) is 45.4 Å². The van der Waals surface area contributed by atoms with E-state index in [1.54, 1.807) is 0 Å². The van der Waals surface area contributed by atoms with E-state index in [4.69, 9.17) is 0 Å². The summed E-state index contributed by atoms with van der Waals surface area (Å²) in [6.45, 7) is 5.32. The van der Waals surface area contributed by atoms with E-state index >= 15 is 0 Å². The third kappa shape index (κ3) is 7.77. The standard InChI is InChI=1S/C11H19FO2/c1-3-5-6-7-8-9-10(12)14-11(13)4-2/h4,10H,2-3,5-9H2,1H3. The maximum atomic E-state index is 12.9.